The van der Waals surface area contributed by atoms with Crippen LogP contribution >= 0.6 is 0 Å². The first-order chi connectivity index (χ1) is 20.2. The number of hydrogen-bond donors (Lipinski definition) is 2. The highest BCUT2D eigenvalue weighted by molar-refractivity contribution is 6.04. The molecule has 42 heavy (non-hydrogen) atoms. The molecule has 1 aliphatic heterocycles. The predicted octanol–water partition coefficient (Wildman–Crippen LogP) is 5.55. The quantitative estimate of drug-likeness (QED) is 0.323. The molecule has 0 unspecified atom stereocenters. The lowest BCUT2D eigenvalue weighted by Crippen LogP contribution is -2.49. The summed E-state index contributed by atoms with van der Waals surface area (Å²) in [6, 6.07) is 13.9. The average molecular weight is 578 g/mol. The fourth-order valence-corrected chi connectivity index (χ4v) is 6.20. The van der Waals surface area contributed by atoms with Crippen LogP contribution in [0.3, 0.4) is 0 Å². The standard InChI is InChI=1S/C31H34F3N7O/c1-39-16-18-40(19-17-39)24-10-4-20(5-11-24)27-26-14-15-36-29(35)28(26)41(38-27)25-12-8-23(9-13-25)37-30(42)21-2-6-22(7-3-21)31(32,33)34/h2-3,6-9,12-15,20,24H,4-5,10-11,16-19H2,1H3,(H2,35,36)(H,37,42)/t20-,24+. The molecular formula is C31H34F3N7O. The number of likely N-dealkylation sites (N-methyl/N-ethyl adjacent to an activating group) is 1. The Morgan fingerprint density at radius 2 is 1.60 bits per heavy atom. The van der Waals surface area contributed by atoms with E-state index in [1.54, 1.807) is 18.3 Å². The number of alkyl halides is 3. The first kappa shape index (κ1) is 28.2. The number of benzene rings is 2. The van der Waals surface area contributed by atoms with Crippen molar-refractivity contribution in [3.8, 4) is 5.69 Å². The maximum Gasteiger partial charge on any atom is 0.416 e. The smallest absolute Gasteiger partial charge is 0.382 e. The Bertz CT molecular complexity index is 1550. The Hall–Kier alpha value is -3.96. The molecule has 0 atom stereocenters. The van der Waals surface area contributed by atoms with Gasteiger partial charge in [-0.15, -0.1) is 0 Å². The summed E-state index contributed by atoms with van der Waals surface area (Å²) in [7, 11) is 2.18. The van der Waals surface area contributed by atoms with Crippen LogP contribution in [-0.4, -0.2) is 69.7 Å². The van der Waals surface area contributed by atoms with Gasteiger partial charge in [0, 0.05) is 61.0 Å². The summed E-state index contributed by atoms with van der Waals surface area (Å²) in [6.45, 7) is 4.51. The van der Waals surface area contributed by atoms with Gasteiger partial charge >= 0.3 is 6.18 Å². The van der Waals surface area contributed by atoms with Gasteiger partial charge in [-0.1, -0.05) is 0 Å². The van der Waals surface area contributed by atoms with Gasteiger partial charge in [-0.05, 0) is 87.3 Å². The molecule has 0 radical (unpaired) electrons. The Balaban J connectivity index is 1.18. The Morgan fingerprint density at radius 1 is 0.929 bits per heavy atom. The highest BCUT2D eigenvalue weighted by atomic mass is 19.4. The van der Waals surface area contributed by atoms with Crippen LogP contribution in [0.25, 0.3) is 16.6 Å². The molecule has 11 heteroatoms. The van der Waals surface area contributed by atoms with E-state index in [1.807, 2.05) is 22.9 Å². The summed E-state index contributed by atoms with van der Waals surface area (Å²) in [6.07, 6.45) is 1.71. The van der Waals surface area contributed by atoms with Crippen LogP contribution in [0.5, 0.6) is 0 Å². The lowest BCUT2D eigenvalue weighted by Gasteiger charge is -2.41. The van der Waals surface area contributed by atoms with E-state index in [0.29, 0.717) is 23.5 Å². The number of pyridine rings is 1. The second kappa shape index (κ2) is 11.4. The number of nitrogens with two attached hydrogens (primary N) is 1. The number of fused-ring (bicyclic) bond motifs is 1. The van der Waals surface area contributed by atoms with E-state index in [4.69, 9.17) is 10.8 Å². The third-order valence-corrected chi connectivity index (χ3v) is 8.63. The average Bonchev–Trinajstić information content (AvgIpc) is 3.39. The van der Waals surface area contributed by atoms with E-state index in [1.165, 1.54) is 0 Å². The fourth-order valence-electron chi connectivity index (χ4n) is 6.20. The number of rotatable bonds is 5. The zero-order valence-corrected chi connectivity index (χ0v) is 23.4. The molecule has 3 heterocycles. The monoisotopic (exact) mass is 577 g/mol. The van der Waals surface area contributed by atoms with Gasteiger partial charge in [0.25, 0.3) is 5.91 Å². The van der Waals surface area contributed by atoms with Crippen molar-refractivity contribution in [2.75, 3.05) is 44.3 Å². The molecule has 1 aliphatic carbocycles. The van der Waals surface area contributed by atoms with Gasteiger partial charge in [0.15, 0.2) is 0 Å². The minimum Gasteiger partial charge on any atom is -0.382 e. The molecule has 1 saturated carbocycles. The van der Waals surface area contributed by atoms with Crippen LogP contribution in [0.2, 0.25) is 0 Å². The highest BCUT2D eigenvalue weighted by Crippen LogP contribution is 2.39. The largest absolute Gasteiger partial charge is 0.416 e. The number of nitrogen functional groups attached to an aromatic ring is 1. The molecule has 2 fully saturated rings. The van der Waals surface area contributed by atoms with Gasteiger partial charge in [-0.2, -0.15) is 18.3 Å². The Morgan fingerprint density at radius 3 is 2.24 bits per heavy atom. The summed E-state index contributed by atoms with van der Waals surface area (Å²) in [4.78, 5) is 22.0. The van der Waals surface area contributed by atoms with E-state index in [2.05, 4.69) is 27.1 Å². The summed E-state index contributed by atoms with van der Waals surface area (Å²) in [5.74, 6) is 0.238. The van der Waals surface area contributed by atoms with Gasteiger partial charge in [-0.25, -0.2) is 9.67 Å². The SMILES string of the molecule is CN1CCN([C@H]2CC[C@@H](c3nn(-c4ccc(NC(=O)c5ccc(C(F)(F)F)cc5)cc4)c4c(N)nccc43)CC2)CC1. The van der Waals surface area contributed by atoms with Crippen LogP contribution in [0.4, 0.5) is 24.7 Å². The molecule has 4 aromatic rings. The second-order valence-electron chi connectivity index (χ2n) is 11.3. The maximum atomic E-state index is 12.8. The summed E-state index contributed by atoms with van der Waals surface area (Å²) < 4.78 is 40.4. The molecule has 8 nitrogen and oxygen atoms in total. The number of piperazine rings is 1. The van der Waals surface area contributed by atoms with E-state index in [-0.39, 0.29) is 5.56 Å². The van der Waals surface area contributed by atoms with Crippen molar-refractivity contribution in [1.82, 2.24) is 24.6 Å². The van der Waals surface area contributed by atoms with E-state index in [9.17, 15) is 18.0 Å². The summed E-state index contributed by atoms with van der Waals surface area (Å²) in [5.41, 5.74) is 8.76. The fraction of sp³-hybridized carbons (Fsp3) is 0.387. The van der Waals surface area contributed by atoms with E-state index < -0.39 is 17.6 Å². The molecule has 0 spiro atoms. The molecule has 0 bridgehead atoms. The normalized spacial score (nSPS) is 20.6. The zero-order chi connectivity index (χ0) is 29.4. The number of hydrogen-bond acceptors (Lipinski definition) is 6. The number of aromatic nitrogens is 3. The van der Waals surface area contributed by atoms with Crippen molar-refractivity contribution >= 4 is 28.3 Å². The van der Waals surface area contributed by atoms with E-state index >= 15 is 0 Å². The van der Waals surface area contributed by atoms with Gasteiger partial charge < -0.3 is 16.0 Å². The van der Waals surface area contributed by atoms with Crippen molar-refractivity contribution in [2.24, 2.45) is 0 Å². The first-order valence-electron chi connectivity index (χ1n) is 14.3. The minimum absolute atomic E-state index is 0.135. The highest BCUT2D eigenvalue weighted by Gasteiger charge is 2.32. The number of carbonyl (C=O) groups is 1. The zero-order valence-electron chi connectivity index (χ0n) is 23.4. The van der Waals surface area contributed by atoms with Gasteiger partial charge in [0.1, 0.15) is 11.3 Å². The van der Waals surface area contributed by atoms with Crippen molar-refractivity contribution in [3.63, 3.8) is 0 Å². The second-order valence-corrected chi connectivity index (χ2v) is 11.3. The third kappa shape index (κ3) is 5.71. The van der Waals surface area contributed by atoms with Crippen molar-refractivity contribution in [2.45, 2.75) is 43.8 Å². The van der Waals surface area contributed by atoms with E-state index in [0.717, 1.165) is 98.4 Å². The third-order valence-electron chi connectivity index (χ3n) is 8.63. The van der Waals surface area contributed by atoms with Gasteiger partial charge in [0.05, 0.1) is 16.9 Å². The van der Waals surface area contributed by atoms with Crippen LogP contribution < -0.4 is 11.1 Å². The van der Waals surface area contributed by atoms with Crippen LogP contribution in [0.15, 0.2) is 60.8 Å². The molecule has 220 valence electrons. The maximum absolute atomic E-state index is 12.8. The predicted molar refractivity (Wildman–Crippen MR) is 157 cm³/mol. The van der Waals surface area contributed by atoms with Crippen LogP contribution in [-0.2, 0) is 6.18 Å². The Kier molecular flexibility index (Phi) is 7.63. The van der Waals surface area contributed by atoms with Crippen molar-refractivity contribution < 1.29 is 18.0 Å². The lowest BCUT2D eigenvalue weighted by atomic mass is 9.82. The number of nitrogens with zero attached hydrogens (tertiary/aromatic N) is 5. The molecule has 1 amide bonds. The molecule has 6 rings (SSSR count). The number of carbonyl (C=O) groups excluding carboxylic acids is 1. The molecular weight excluding hydrogens is 543 g/mol. The number of amides is 1. The topological polar surface area (TPSA) is 92.3 Å². The number of nitrogens with one attached hydrogen (secondary N) is 1. The van der Waals surface area contributed by atoms with Gasteiger partial charge in [0.2, 0.25) is 0 Å². The first-order valence-corrected chi connectivity index (χ1v) is 14.3. The molecule has 2 aliphatic rings. The lowest BCUT2D eigenvalue weighted by molar-refractivity contribution is -0.137. The molecule has 2 aromatic carbocycles. The minimum atomic E-state index is -4.45. The van der Waals surface area contributed by atoms with Gasteiger partial charge in [-0.3, -0.25) is 9.69 Å². The van der Waals surface area contributed by atoms with Crippen molar-refractivity contribution in [1.29, 1.82) is 0 Å². The van der Waals surface area contributed by atoms with Crippen LogP contribution in [0.1, 0.15) is 53.2 Å². The Labute approximate surface area is 242 Å². The number of halogens is 3. The van der Waals surface area contributed by atoms with Crippen molar-refractivity contribution in [3.05, 3.63) is 77.6 Å². The molecule has 2 aromatic heterocycles. The number of anilines is 2. The molecule has 3 N–H and O–H groups in total. The summed E-state index contributed by atoms with van der Waals surface area (Å²) >= 11 is 0. The molecule has 1 saturated heterocycles. The summed E-state index contributed by atoms with van der Waals surface area (Å²) in [5, 5.41) is 8.80. The van der Waals surface area contributed by atoms with Crippen LogP contribution in [0, 0.1) is 0 Å².